The van der Waals surface area contributed by atoms with Crippen molar-refractivity contribution in [1.29, 1.82) is 0 Å². The van der Waals surface area contributed by atoms with Crippen LogP contribution >= 0.6 is 15.9 Å². The average molecular weight is 411 g/mol. The molecule has 1 saturated heterocycles. The number of rotatable bonds is 4. The van der Waals surface area contributed by atoms with Gasteiger partial charge in [0.15, 0.2) is 0 Å². The van der Waals surface area contributed by atoms with Crippen LogP contribution < -0.4 is 0 Å². The number of carbonyl (C=O) groups is 1. The van der Waals surface area contributed by atoms with Crippen LogP contribution in [0.2, 0.25) is 0 Å². The van der Waals surface area contributed by atoms with Crippen LogP contribution in [0.5, 0.6) is 0 Å². The fourth-order valence-corrected chi connectivity index (χ4v) is 4.35. The number of aromatic nitrogens is 1. The maximum atomic E-state index is 12.6. The number of amides is 1. The van der Waals surface area contributed by atoms with Crippen molar-refractivity contribution in [3.05, 3.63) is 58.6 Å². The molecule has 1 aromatic heterocycles. The summed E-state index contributed by atoms with van der Waals surface area (Å²) < 4.78 is 1.07. The Balaban J connectivity index is 1.92. The average Bonchev–Trinajstić information content (AvgIpc) is 3.22. The van der Waals surface area contributed by atoms with Crippen LogP contribution in [0, 0.1) is 0 Å². The molecule has 2 atom stereocenters. The van der Waals surface area contributed by atoms with E-state index in [0.717, 1.165) is 34.1 Å². The smallest absolute Gasteiger partial charge is 0.223 e. The minimum atomic E-state index is 0.132. The highest BCUT2D eigenvalue weighted by atomic mass is 79.9. The summed E-state index contributed by atoms with van der Waals surface area (Å²) in [6.07, 6.45) is 2.49. The predicted octanol–water partition coefficient (Wildman–Crippen LogP) is 6.06. The van der Waals surface area contributed by atoms with Crippen LogP contribution in [0.3, 0.4) is 0 Å². The van der Waals surface area contributed by atoms with E-state index in [-0.39, 0.29) is 18.0 Å². The first kappa shape index (κ1) is 17.3. The Morgan fingerprint density at radius 2 is 1.92 bits per heavy atom. The Morgan fingerprint density at radius 3 is 2.65 bits per heavy atom. The number of benzene rings is 2. The van der Waals surface area contributed by atoms with Crippen LogP contribution in [-0.2, 0) is 4.79 Å². The minimum absolute atomic E-state index is 0.132. The van der Waals surface area contributed by atoms with Gasteiger partial charge in [0.1, 0.15) is 0 Å². The number of nitrogens with one attached hydrogen (secondary N) is 1. The first-order valence-corrected chi connectivity index (χ1v) is 10.1. The molecular formula is C22H23BrN2O. The number of halogens is 1. The molecule has 4 rings (SSSR count). The number of likely N-dealkylation sites (tertiary alicyclic amines) is 1. The molecule has 3 aromatic rings. The molecule has 1 amide bonds. The van der Waals surface area contributed by atoms with Crippen molar-refractivity contribution in [2.45, 2.75) is 45.2 Å². The zero-order chi connectivity index (χ0) is 18.3. The summed E-state index contributed by atoms with van der Waals surface area (Å²) in [5.74, 6) is 0.274. The fraction of sp³-hybridized carbons (Fsp3) is 0.318. The highest BCUT2D eigenvalue weighted by Crippen LogP contribution is 2.43. The SMILES string of the molecule is CC[C@H](C)N1C(=O)CC[C@@H]1c1c(-c2ccc(Br)cc2)[nH]c2ccccc12. The maximum absolute atomic E-state index is 12.6. The third-order valence-electron chi connectivity index (χ3n) is 5.53. The molecule has 2 heterocycles. The monoisotopic (exact) mass is 410 g/mol. The van der Waals surface area contributed by atoms with Gasteiger partial charge in [-0.25, -0.2) is 0 Å². The van der Waals surface area contributed by atoms with E-state index in [2.05, 4.69) is 88.2 Å². The van der Waals surface area contributed by atoms with Crippen molar-refractivity contribution in [1.82, 2.24) is 9.88 Å². The molecular weight excluding hydrogens is 388 g/mol. The highest BCUT2D eigenvalue weighted by molar-refractivity contribution is 9.10. The molecule has 1 N–H and O–H groups in total. The largest absolute Gasteiger partial charge is 0.354 e. The van der Waals surface area contributed by atoms with Gasteiger partial charge < -0.3 is 9.88 Å². The molecule has 3 nitrogen and oxygen atoms in total. The standard InChI is InChI=1S/C22H23BrN2O/c1-3-14(2)25-19(12-13-20(25)26)21-17-6-4-5-7-18(17)24-22(21)15-8-10-16(23)11-9-15/h4-11,14,19,24H,3,12-13H2,1-2H3/t14-,19+/m0/s1. The number of hydrogen-bond donors (Lipinski definition) is 1. The van der Waals surface area contributed by atoms with E-state index in [1.807, 2.05) is 0 Å². The van der Waals surface area contributed by atoms with Gasteiger partial charge in [0, 0.05) is 33.4 Å². The van der Waals surface area contributed by atoms with E-state index in [9.17, 15) is 4.79 Å². The molecule has 0 unspecified atom stereocenters. The van der Waals surface area contributed by atoms with Crippen LogP contribution in [0.25, 0.3) is 22.2 Å². The van der Waals surface area contributed by atoms with Gasteiger partial charge in [-0.3, -0.25) is 4.79 Å². The van der Waals surface area contributed by atoms with Gasteiger partial charge in [-0.2, -0.15) is 0 Å². The van der Waals surface area contributed by atoms with Crippen LogP contribution in [0.4, 0.5) is 0 Å². The summed E-state index contributed by atoms with van der Waals surface area (Å²) in [7, 11) is 0. The van der Waals surface area contributed by atoms with Gasteiger partial charge in [-0.1, -0.05) is 53.2 Å². The van der Waals surface area contributed by atoms with Crippen LogP contribution in [-0.4, -0.2) is 21.8 Å². The lowest BCUT2D eigenvalue weighted by atomic mass is 9.96. The molecule has 0 aliphatic carbocycles. The van der Waals surface area contributed by atoms with E-state index in [1.165, 1.54) is 10.9 Å². The second-order valence-electron chi connectivity index (χ2n) is 7.08. The van der Waals surface area contributed by atoms with E-state index >= 15 is 0 Å². The Labute approximate surface area is 162 Å². The number of aromatic amines is 1. The van der Waals surface area contributed by atoms with Crippen LogP contribution in [0.15, 0.2) is 53.0 Å². The number of nitrogens with zero attached hydrogens (tertiary/aromatic N) is 1. The van der Waals surface area contributed by atoms with E-state index in [1.54, 1.807) is 0 Å². The van der Waals surface area contributed by atoms with Crippen molar-refractivity contribution < 1.29 is 4.79 Å². The number of carbonyl (C=O) groups excluding carboxylic acids is 1. The zero-order valence-corrected chi connectivity index (χ0v) is 16.7. The second kappa shape index (κ2) is 6.92. The third-order valence-corrected chi connectivity index (χ3v) is 6.06. The van der Waals surface area contributed by atoms with E-state index in [0.29, 0.717) is 6.42 Å². The summed E-state index contributed by atoms with van der Waals surface area (Å²) in [5, 5.41) is 1.22. The van der Waals surface area contributed by atoms with Gasteiger partial charge in [0.05, 0.1) is 11.7 Å². The first-order valence-electron chi connectivity index (χ1n) is 9.28. The van der Waals surface area contributed by atoms with Crippen molar-refractivity contribution in [3.63, 3.8) is 0 Å². The van der Waals surface area contributed by atoms with Gasteiger partial charge in [-0.05, 0) is 43.5 Å². The summed E-state index contributed by atoms with van der Waals surface area (Å²) >= 11 is 3.52. The normalized spacial score (nSPS) is 18.7. The van der Waals surface area contributed by atoms with Crippen molar-refractivity contribution in [2.75, 3.05) is 0 Å². The lowest BCUT2D eigenvalue weighted by Crippen LogP contribution is -2.35. The van der Waals surface area contributed by atoms with E-state index in [4.69, 9.17) is 0 Å². The Bertz CT molecular complexity index is 944. The molecule has 1 aliphatic heterocycles. The number of hydrogen-bond acceptors (Lipinski definition) is 1. The quantitative estimate of drug-likeness (QED) is 0.557. The summed E-state index contributed by atoms with van der Waals surface area (Å²) in [6.45, 7) is 4.31. The molecule has 0 bridgehead atoms. The first-order chi connectivity index (χ1) is 12.6. The third kappa shape index (κ3) is 2.86. The predicted molar refractivity (Wildman–Crippen MR) is 110 cm³/mol. The second-order valence-corrected chi connectivity index (χ2v) is 7.99. The van der Waals surface area contributed by atoms with Crippen molar-refractivity contribution in [2.24, 2.45) is 0 Å². The molecule has 0 saturated carbocycles. The fourth-order valence-electron chi connectivity index (χ4n) is 4.09. The number of H-pyrrole nitrogens is 1. The van der Waals surface area contributed by atoms with Crippen molar-refractivity contribution in [3.8, 4) is 11.3 Å². The zero-order valence-electron chi connectivity index (χ0n) is 15.1. The molecule has 2 aromatic carbocycles. The molecule has 134 valence electrons. The van der Waals surface area contributed by atoms with Gasteiger partial charge in [0.2, 0.25) is 5.91 Å². The summed E-state index contributed by atoms with van der Waals surface area (Å²) in [6, 6.07) is 17.2. The molecule has 0 radical (unpaired) electrons. The lowest BCUT2D eigenvalue weighted by Gasteiger charge is -2.31. The molecule has 0 spiro atoms. The molecule has 1 fully saturated rings. The number of para-hydroxylation sites is 1. The van der Waals surface area contributed by atoms with Crippen molar-refractivity contribution >= 4 is 32.7 Å². The Kier molecular flexibility index (Phi) is 4.62. The van der Waals surface area contributed by atoms with E-state index < -0.39 is 0 Å². The molecule has 4 heteroatoms. The summed E-state index contributed by atoms with van der Waals surface area (Å²) in [5.41, 5.74) is 4.67. The van der Waals surface area contributed by atoms with Gasteiger partial charge in [0.25, 0.3) is 0 Å². The maximum Gasteiger partial charge on any atom is 0.223 e. The Morgan fingerprint density at radius 1 is 1.19 bits per heavy atom. The molecule has 1 aliphatic rings. The summed E-state index contributed by atoms with van der Waals surface area (Å²) in [4.78, 5) is 18.3. The highest BCUT2D eigenvalue weighted by Gasteiger charge is 2.37. The van der Waals surface area contributed by atoms with Gasteiger partial charge in [-0.15, -0.1) is 0 Å². The van der Waals surface area contributed by atoms with Gasteiger partial charge >= 0.3 is 0 Å². The minimum Gasteiger partial charge on any atom is -0.354 e. The lowest BCUT2D eigenvalue weighted by molar-refractivity contribution is -0.131. The van der Waals surface area contributed by atoms with Crippen LogP contribution in [0.1, 0.15) is 44.7 Å². The number of fused-ring (bicyclic) bond motifs is 1. The Hall–Kier alpha value is -2.07. The molecule has 26 heavy (non-hydrogen) atoms. The topological polar surface area (TPSA) is 36.1 Å².